The molecule has 0 N–H and O–H groups in total. The molecule has 2 aromatic rings. The number of likely N-dealkylation sites (tertiary alicyclic amines) is 1. The number of carbonyl (C=O) groups excluding carboxylic acids is 2. The van der Waals surface area contributed by atoms with Gasteiger partial charge < -0.3 is 0 Å². The van der Waals surface area contributed by atoms with Crippen molar-refractivity contribution < 1.29 is 9.59 Å². The van der Waals surface area contributed by atoms with Gasteiger partial charge in [-0.1, -0.05) is 48.0 Å². The number of imide groups is 1. The molecule has 1 aromatic carbocycles. The lowest BCUT2D eigenvalue weighted by atomic mass is 9.79. The highest BCUT2D eigenvalue weighted by Crippen LogP contribution is 2.76. The Kier molecular flexibility index (Phi) is 4.88. The van der Waals surface area contributed by atoms with Crippen LogP contribution in [0.15, 0.2) is 77.7 Å². The third-order valence-electron chi connectivity index (χ3n) is 6.20. The summed E-state index contributed by atoms with van der Waals surface area (Å²) in [4.78, 5) is 32.4. The summed E-state index contributed by atoms with van der Waals surface area (Å²) in [7, 11) is 0. The van der Waals surface area contributed by atoms with Crippen molar-refractivity contribution in [2.45, 2.75) is 19.3 Å². The smallest absolute Gasteiger partial charge is 0.241 e. The number of allylic oxidation sites excluding steroid dienone is 4. The Hall–Kier alpha value is -2.43. The van der Waals surface area contributed by atoms with E-state index in [-0.39, 0.29) is 17.7 Å². The number of alkyl halides is 1. The molecule has 148 valence electrons. The molecule has 2 amide bonds. The van der Waals surface area contributed by atoms with Crippen LogP contribution in [0.1, 0.15) is 25.0 Å². The lowest BCUT2D eigenvalue weighted by molar-refractivity contribution is -0.141. The zero-order valence-corrected chi connectivity index (χ0v) is 17.6. The van der Waals surface area contributed by atoms with Crippen LogP contribution in [0.25, 0.3) is 0 Å². The average Bonchev–Trinajstić information content (AvgIpc) is 3.24. The first-order valence-corrected chi connectivity index (χ1v) is 10.3. The molecule has 0 radical (unpaired) electrons. The van der Waals surface area contributed by atoms with E-state index in [2.05, 4.69) is 4.98 Å². The van der Waals surface area contributed by atoms with Gasteiger partial charge in [0.1, 0.15) is 0 Å². The molecule has 1 aliphatic heterocycles. The largest absolute Gasteiger partial charge is 0.274 e. The number of carbonyl (C=O) groups is 2. The minimum Gasteiger partial charge on any atom is -0.274 e. The number of amides is 2. The first-order valence-electron chi connectivity index (χ1n) is 9.35. The van der Waals surface area contributed by atoms with E-state index < -0.39 is 16.7 Å². The lowest BCUT2D eigenvalue weighted by Crippen LogP contribution is -2.40. The number of hydrogen-bond acceptors (Lipinski definition) is 3. The highest BCUT2D eigenvalue weighted by Gasteiger charge is 2.86. The molecule has 2 fully saturated rings. The Morgan fingerprint density at radius 3 is 2.31 bits per heavy atom. The van der Waals surface area contributed by atoms with E-state index in [0.29, 0.717) is 10.7 Å². The maximum absolute atomic E-state index is 13.6. The summed E-state index contributed by atoms with van der Waals surface area (Å²) in [5.41, 5.74) is 0.815. The van der Waals surface area contributed by atoms with Crippen LogP contribution in [0.2, 0.25) is 0 Å². The fourth-order valence-corrected chi connectivity index (χ4v) is 5.43. The van der Waals surface area contributed by atoms with Crippen molar-refractivity contribution in [2.75, 3.05) is 5.88 Å². The molecular weight excluding hydrogens is 407 g/mol. The molecule has 1 saturated carbocycles. The molecule has 4 nitrogen and oxygen atoms in total. The molecule has 1 aliphatic carbocycles. The van der Waals surface area contributed by atoms with Gasteiger partial charge in [0.2, 0.25) is 11.8 Å². The minimum atomic E-state index is -0.870. The summed E-state index contributed by atoms with van der Waals surface area (Å²) >= 11 is 11.8. The normalized spacial score (nSPS) is 29.2. The Morgan fingerprint density at radius 1 is 1.14 bits per heavy atom. The van der Waals surface area contributed by atoms with Gasteiger partial charge in [-0.2, -0.15) is 0 Å². The fourth-order valence-electron chi connectivity index (χ4n) is 4.95. The predicted molar refractivity (Wildman–Crippen MR) is 113 cm³/mol. The number of piperidine rings is 1. The van der Waals surface area contributed by atoms with E-state index in [1.165, 1.54) is 4.90 Å². The Balaban J connectivity index is 1.82. The van der Waals surface area contributed by atoms with Gasteiger partial charge in [-0.3, -0.25) is 19.5 Å². The van der Waals surface area contributed by atoms with Crippen LogP contribution in [-0.2, 0) is 15.0 Å². The molecule has 2 heterocycles. The van der Waals surface area contributed by atoms with Crippen LogP contribution >= 0.6 is 23.2 Å². The fraction of sp³-hybridized carbons (Fsp3) is 0.261. The number of rotatable bonds is 5. The van der Waals surface area contributed by atoms with Crippen molar-refractivity contribution in [1.82, 2.24) is 9.88 Å². The van der Waals surface area contributed by atoms with Crippen molar-refractivity contribution >= 4 is 35.0 Å². The summed E-state index contributed by atoms with van der Waals surface area (Å²) in [5.74, 6) is -0.643. The first-order chi connectivity index (χ1) is 13.9. The molecule has 1 aromatic heterocycles. The predicted octanol–water partition coefficient (Wildman–Crippen LogP) is 4.64. The Labute approximate surface area is 179 Å². The van der Waals surface area contributed by atoms with Crippen LogP contribution in [0.4, 0.5) is 0 Å². The second-order valence-corrected chi connectivity index (χ2v) is 8.30. The van der Waals surface area contributed by atoms with E-state index in [4.69, 9.17) is 23.2 Å². The maximum atomic E-state index is 13.6. The van der Waals surface area contributed by atoms with Crippen molar-refractivity contribution in [3.63, 3.8) is 0 Å². The SMILES string of the molecule is C/C(=C\C(Cl)=C/CCl)N1C(=O)[C@H]2[C@](c3ccccc3)(c3ccncc3)[C@@]2(C)C1=O. The Bertz CT molecular complexity index is 994. The monoisotopic (exact) mass is 426 g/mol. The molecule has 6 heteroatoms. The summed E-state index contributed by atoms with van der Waals surface area (Å²) in [6.07, 6.45) is 6.62. The highest BCUT2D eigenvalue weighted by atomic mass is 35.5. The molecule has 4 rings (SSSR count). The zero-order chi connectivity index (χ0) is 20.8. The maximum Gasteiger partial charge on any atom is 0.241 e. The van der Waals surface area contributed by atoms with Gasteiger partial charge in [0.25, 0.3) is 0 Å². The summed E-state index contributed by atoms with van der Waals surface area (Å²) in [5, 5.41) is 0.396. The van der Waals surface area contributed by atoms with Crippen LogP contribution < -0.4 is 0 Å². The van der Waals surface area contributed by atoms with Gasteiger partial charge in [-0.05, 0) is 43.2 Å². The number of nitrogens with zero attached hydrogens (tertiary/aromatic N) is 2. The second-order valence-electron chi connectivity index (χ2n) is 7.55. The number of hydrogen-bond donors (Lipinski definition) is 0. The van der Waals surface area contributed by atoms with E-state index >= 15 is 0 Å². The number of benzene rings is 1. The number of pyridine rings is 1. The first kappa shape index (κ1) is 19.9. The van der Waals surface area contributed by atoms with Gasteiger partial charge in [-0.25, -0.2) is 0 Å². The van der Waals surface area contributed by atoms with Gasteiger partial charge >= 0.3 is 0 Å². The molecule has 0 bridgehead atoms. The minimum absolute atomic E-state index is 0.206. The summed E-state index contributed by atoms with van der Waals surface area (Å²) in [6.45, 7) is 3.60. The van der Waals surface area contributed by atoms with E-state index in [9.17, 15) is 9.59 Å². The Morgan fingerprint density at radius 2 is 1.76 bits per heavy atom. The van der Waals surface area contributed by atoms with Crippen LogP contribution in [-0.4, -0.2) is 27.6 Å². The topological polar surface area (TPSA) is 50.3 Å². The van der Waals surface area contributed by atoms with E-state index in [1.54, 1.807) is 31.5 Å². The standard InChI is InChI=1S/C23H20Cl2N2O2/c1-15(14-18(25)8-11-24)27-20(28)19-22(2,21(27)29)23(19,16-6-4-3-5-7-16)17-9-12-26-13-10-17/h3-10,12-14,19H,11H2,1-2H3/b15-14+,18-8+/t19-,22-,23+/m1/s1. The van der Waals surface area contributed by atoms with E-state index in [1.807, 2.05) is 49.4 Å². The molecule has 0 spiro atoms. The molecular formula is C23H20Cl2N2O2. The van der Waals surface area contributed by atoms with Gasteiger partial charge in [0.05, 0.1) is 11.3 Å². The van der Waals surface area contributed by atoms with Crippen LogP contribution in [0.3, 0.4) is 0 Å². The number of fused-ring (bicyclic) bond motifs is 1. The van der Waals surface area contributed by atoms with Crippen molar-refractivity contribution in [1.29, 1.82) is 0 Å². The quantitative estimate of drug-likeness (QED) is 0.397. The second kappa shape index (κ2) is 7.12. The van der Waals surface area contributed by atoms with Crippen molar-refractivity contribution in [2.24, 2.45) is 11.3 Å². The molecule has 3 atom stereocenters. The lowest BCUT2D eigenvalue weighted by Gasteiger charge is -2.29. The van der Waals surface area contributed by atoms with Crippen molar-refractivity contribution in [3.05, 3.63) is 88.9 Å². The average molecular weight is 427 g/mol. The van der Waals surface area contributed by atoms with Gasteiger partial charge in [-0.15, -0.1) is 11.6 Å². The molecule has 29 heavy (non-hydrogen) atoms. The van der Waals surface area contributed by atoms with Gasteiger partial charge in [0.15, 0.2) is 0 Å². The highest BCUT2D eigenvalue weighted by molar-refractivity contribution is 6.32. The molecule has 2 aliphatic rings. The van der Waals surface area contributed by atoms with Crippen LogP contribution in [0.5, 0.6) is 0 Å². The molecule has 0 unspecified atom stereocenters. The van der Waals surface area contributed by atoms with Crippen LogP contribution in [0, 0.1) is 11.3 Å². The third kappa shape index (κ3) is 2.62. The van der Waals surface area contributed by atoms with Gasteiger partial charge in [0, 0.05) is 34.4 Å². The number of aromatic nitrogens is 1. The van der Waals surface area contributed by atoms with E-state index in [0.717, 1.165) is 11.1 Å². The number of halogens is 2. The third-order valence-corrected chi connectivity index (χ3v) is 6.62. The molecule has 1 saturated heterocycles. The van der Waals surface area contributed by atoms with Crippen molar-refractivity contribution in [3.8, 4) is 0 Å². The summed E-state index contributed by atoms with van der Waals surface area (Å²) < 4.78 is 0. The summed E-state index contributed by atoms with van der Waals surface area (Å²) in [6, 6.07) is 13.6. The zero-order valence-electron chi connectivity index (χ0n) is 16.1.